The van der Waals surface area contributed by atoms with Crippen LogP contribution in [0.1, 0.15) is 32.6 Å². The minimum absolute atomic E-state index is 0.329. The van der Waals surface area contributed by atoms with Gasteiger partial charge in [-0.3, -0.25) is 9.69 Å². The molecule has 0 bridgehead atoms. The molecule has 4 heteroatoms. The second-order valence-electron chi connectivity index (χ2n) is 5.18. The van der Waals surface area contributed by atoms with Crippen molar-refractivity contribution in [2.24, 2.45) is 5.92 Å². The summed E-state index contributed by atoms with van der Waals surface area (Å²) in [6.45, 7) is 4.77. The SMILES string of the molecule is CC(C(=O)O)N1CCC(NCC2CC2)CC1. The van der Waals surface area contributed by atoms with Crippen molar-refractivity contribution in [3.8, 4) is 0 Å². The number of carboxylic acid groups (broad SMARTS) is 1. The highest BCUT2D eigenvalue weighted by Crippen LogP contribution is 2.28. The Morgan fingerprint density at radius 3 is 2.50 bits per heavy atom. The first-order valence-corrected chi connectivity index (χ1v) is 6.37. The average molecular weight is 226 g/mol. The molecule has 1 saturated heterocycles. The number of carboxylic acids is 1. The number of piperidine rings is 1. The molecule has 4 nitrogen and oxygen atoms in total. The highest BCUT2D eigenvalue weighted by atomic mass is 16.4. The topological polar surface area (TPSA) is 52.6 Å². The van der Waals surface area contributed by atoms with Crippen molar-refractivity contribution in [2.75, 3.05) is 19.6 Å². The van der Waals surface area contributed by atoms with Crippen LogP contribution in [0.5, 0.6) is 0 Å². The van der Waals surface area contributed by atoms with E-state index in [9.17, 15) is 4.79 Å². The number of hydrogen-bond donors (Lipinski definition) is 2. The first-order chi connectivity index (χ1) is 7.66. The molecule has 2 N–H and O–H groups in total. The van der Waals surface area contributed by atoms with Crippen molar-refractivity contribution in [2.45, 2.75) is 44.7 Å². The predicted octanol–water partition coefficient (Wildman–Crippen LogP) is 0.923. The highest BCUT2D eigenvalue weighted by molar-refractivity contribution is 5.72. The Labute approximate surface area is 97.0 Å². The van der Waals surface area contributed by atoms with Crippen molar-refractivity contribution in [1.29, 1.82) is 0 Å². The Morgan fingerprint density at radius 2 is 2.00 bits per heavy atom. The van der Waals surface area contributed by atoms with E-state index in [4.69, 9.17) is 5.11 Å². The van der Waals surface area contributed by atoms with Gasteiger partial charge in [0.1, 0.15) is 6.04 Å². The van der Waals surface area contributed by atoms with E-state index >= 15 is 0 Å². The first-order valence-electron chi connectivity index (χ1n) is 6.37. The molecule has 0 radical (unpaired) electrons. The lowest BCUT2D eigenvalue weighted by atomic mass is 10.0. The number of nitrogens with one attached hydrogen (secondary N) is 1. The summed E-state index contributed by atoms with van der Waals surface area (Å²) in [6.07, 6.45) is 4.96. The van der Waals surface area contributed by atoms with E-state index in [1.165, 1.54) is 19.4 Å². The van der Waals surface area contributed by atoms with Gasteiger partial charge < -0.3 is 10.4 Å². The minimum atomic E-state index is -0.704. The molecule has 1 aliphatic heterocycles. The molecule has 2 aliphatic rings. The highest BCUT2D eigenvalue weighted by Gasteiger charge is 2.27. The van der Waals surface area contributed by atoms with Crippen molar-refractivity contribution < 1.29 is 9.90 Å². The van der Waals surface area contributed by atoms with E-state index in [1.54, 1.807) is 6.92 Å². The summed E-state index contributed by atoms with van der Waals surface area (Å²) in [5.74, 6) is 0.223. The Morgan fingerprint density at radius 1 is 1.38 bits per heavy atom. The molecule has 1 saturated carbocycles. The Hall–Kier alpha value is -0.610. The van der Waals surface area contributed by atoms with E-state index in [2.05, 4.69) is 10.2 Å². The molecule has 1 aliphatic carbocycles. The van der Waals surface area contributed by atoms with Crippen LogP contribution in [0, 0.1) is 5.92 Å². The summed E-state index contributed by atoms with van der Waals surface area (Å²) in [6, 6.07) is 0.280. The van der Waals surface area contributed by atoms with Gasteiger partial charge in [0.2, 0.25) is 0 Å². The number of carbonyl (C=O) groups is 1. The van der Waals surface area contributed by atoms with Gasteiger partial charge in [0.05, 0.1) is 0 Å². The van der Waals surface area contributed by atoms with Gasteiger partial charge in [-0.15, -0.1) is 0 Å². The summed E-state index contributed by atoms with van der Waals surface area (Å²) < 4.78 is 0. The van der Waals surface area contributed by atoms with E-state index in [0.29, 0.717) is 6.04 Å². The van der Waals surface area contributed by atoms with Crippen LogP contribution in [-0.4, -0.2) is 47.7 Å². The lowest BCUT2D eigenvalue weighted by molar-refractivity contribution is -0.143. The maximum absolute atomic E-state index is 10.8. The molecule has 0 aromatic carbocycles. The number of aliphatic carboxylic acids is 1. The quantitative estimate of drug-likeness (QED) is 0.732. The lowest BCUT2D eigenvalue weighted by Gasteiger charge is -2.34. The fraction of sp³-hybridized carbons (Fsp3) is 0.917. The number of nitrogens with zero attached hydrogens (tertiary/aromatic N) is 1. The zero-order valence-electron chi connectivity index (χ0n) is 9.98. The minimum Gasteiger partial charge on any atom is -0.480 e. The van der Waals surface area contributed by atoms with Crippen molar-refractivity contribution in [3.63, 3.8) is 0 Å². The van der Waals surface area contributed by atoms with E-state index in [1.807, 2.05) is 0 Å². The van der Waals surface area contributed by atoms with Crippen LogP contribution in [0.2, 0.25) is 0 Å². The summed E-state index contributed by atoms with van der Waals surface area (Å²) in [7, 11) is 0. The third-order valence-electron chi connectivity index (χ3n) is 3.83. The van der Waals surface area contributed by atoms with Gasteiger partial charge in [0.15, 0.2) is 0 Å². The fourth-order valence-corrected chi connectivity index (χ4v) is 2.30. The number of rotatable bonds is 5. The molecule has 0 aromatic rings. The molecular formula is C12H22N2O2. The molecule has 2 rings (SSSR count). The molecule has 1 atom stereocenters. The largest absolute Gasteiger partial charge is 0.480 e. The lowest BCUT2D eigenvalue weighted by Crippen LogP contribution is -2.48. The third-order valence-corrected chi connectivity index (χ3v) is 3.83. The number of likely N-dealkylation sites (tertiary alicyclic amines) is 1. The molecule has 92 valence electrons. The zero-order chi connectivity index (χ0) is 11.5. The van der Waals surface area contributed by atoms with Crippen LogP contribution in [0.3, 0.4) is 0 Å². The number of hydrogen-bond acceptors (Lipinski definition) is 3. The van der Waals surface area contributed by atoms with Gasteiger partial charge in [0, 0.05) is 19.1 Å². The van der Waals surface area contributed by atoms with Crippen LogP contribution in [0.15, 0.2) is 0 Å². The van der Waals surface area contributed by atoms with Crippen LogP contribution in [0.25, 0.3) is 0 Å². The zero-order valence-corrected chi connectivity index (χ0v) is 9.98. The smallest absolute Gasteiger partial charge is 0.320 e. The molecule has 0 aromatic heterocycles. The van der Waals surface area contributed by atoms with Crippen LogP contribution >= 0.6 is 0 Å². The van der Waals surface area contributed by atoms with Crippen LogP contribution in [0.4, 0.5) is 0 Å². The summed E-state index contributed by atoms with van der Waals surface area (Å²) in [5.41, 5.74) is 0. The molecule has 0 amide bonds. The average Bonchev–Trinajstić information content (AvgIpc) is 3.10. The summed E-state index contributed by atoms with van der Waals surface area (Å²) >= 11 is 0. The van der Waals surface area contributed by atoms with Crippen molar-refractivity contribution >= 4 is 5.97 Å². The molecule has 1 unspecified atom stereocenters. The summed E-state index contributed by atoms with van der Waals surface area (Å²) in [5, 5.41) is 12.5. The van der Waals surface area contributed by atoms with E-state index in [0.717, 1.165) is 31.8 Å². The Bertz CT molecular complexity index is 245. The first kappa shape index (κ1) is 11.9. The molecule has 2 fully saturated rings. The van der Waals surface area contributed by atoms with E-state index < -0.39 is 5.97 Å². The van der Waals surface area contributed by atoms with Crippen LogP contribution < -0.4 is 5.32 Å². The van der Waals surface area contributed by atoms with Crippen molar-refractivity contribution in [3.05, 3.63) is 0 Å². The normalized spacial score (nSPS) is 25.6. The molecule has 1 heterocycles. The maximum Gasteiger partial charge on any atom is 0.320 e. The third kappa shape index (κ3) is 3.19. The van der Waals surface area contributed by atoms with Gasteiger partial charge in [-0.2, -0.15) is 0 Å². The van der Waals surface area contributed by atoms with Gasteiger partial charge >= 0.3 is 5.97 Å². The maximum atomic E-state index is 10.8. The summed E-state index contributed by atoms with van der Waals surface area (Å²) in [4.78, 5) is 12.9. The molecule has 16 heavy (non-hydrogen) atoms. The second kappa shape index (κ2) is 5.15. The Kier molecular flexibility index (Phi) is 3.82. The van der Waals surface area contributed by atoms with Gasteiger partial charge in [0.25, 0.3) is 0 Å². The second-order valence-corrected chi connectivity index (χ2v) is 5.18. The standard InChI is InChI=1S/C12H22N2O2/c1-9(12(15)16)14-6-4-11(5-7-14)13-8-10-2-3-10/h9-11,13H,2-8H2,1H3,(H,15,16). The van der Waals surface area contributed by atoms with Crippen molar-refractivity contribution in [1.82, 2.24) is 10.2 Å². The van der Waals surface area contributed by atoms with Gasteiger partial charge in [-0.1, -0.05) is 0 Å². The Balaban J connectivity index is 1.66. The van der Waals surface area contributed by atoms with Gasteiger partial charge in [-0.25, -0.2) is 0 Å². The van der Waals surface area contributed by atoms with E-state index in [-0.39, 0.29) is 6.04 Å². The van der Waals surface area contributed by atoms with Gasteiger partial charge in [-0.05, 0) is 45.1 Å². The molecule has 0 spiro atoms. The molecular weight excluding hydrogens is 204 g/mol. The monoisotopic (exact) mass is 226 g/mol. The predicted molar refractivity (Wildman–Crippen MR) is 62.4 cm³/mol. The van der Waals surface area contributed by atoms with Crippen LogP contribution in [-0.2, 0) is 4.79 Å². The fourth-order valence-electron chi connectivity index (χ4n) is 2.30.